The maximum atomic E-state index is 12.0. The molecular weight excluding hydrogens is 324 g/mol. The Balaban J connectivity index is 2.76. The first-order valence-electron chi connectivity index (χ1n) is 7.90. The molecule has 1 aromatic rings. The van der Waals surface area contributed by atoms with Crippen LogP contribution in [-0.4, -0.2) is 43.1 Å². The second-order valence-electron chi connectivity index (χ2n) is 5.61. The van der Waals surface area contributed by atoms with E-state index in [4.69, 9.17) is 14.2 Å². The lowest BCUT2D eigenvalue weighted by atomic mass is 10.2. The third-order valence-electron chi connectivity index (χ3n) is 2.69. The quantitative estimate of drug-likeness (QED) is 0.669. The summed E-state index contributed by atoms with van der Waals surface area (Å²) in [5.74, 6) is 6.45. The van der Waals surface area contributed by atoms with E-state index in [9.17, 15) is 9.59 Å². The Labute approximate surface area is 148 Å². The highest BCUT2D eigenvalue weighted by Crippen LogP contribution is 2.10. The van der Waals surface area contributed by atoms with E-state index in [1.165, 1.54) is 0 Å². The summed E-state index contributed by atoms with van der Waals surface area (Å²) < 4.78 is 15.1. The largest absolute Gasteiger partial charge is 0.497 e. The van der Waals surface area contributed by atoms with Crippen LogP contribution in [0.4, 0.5) is 9.59 Å². The van der Waals surface area contributed by atoms with Crippen molar-refractivity contribution in [2.45, 2.75) is 39.9 Å². The summed E-state index contributed by atoms with van der Waals surface area (Å²) >= 11 is 0. The Kier molecular flexibility index (Phi) is 8.13. The highest BCUT2D eigenvalue weighted by Gasteiger charge is 2.19. The first-order chi connectivity index (χ1) is 11.8. The molecule has 0 aromatic heterocycles. The molecule has 0 saturated carbocycles. The third kappa shape index (κ3) is 7.97. The van der Waals surface area contributed by atoms with Crippen LogP contribution in [0.1, 0.15) is 33.3 Å². The summed E-state index contributed by atoms with van der Waals surface area (Å²) in [6.45, 7) is 6.79. The fourth-order valence-electron chi connectivity index (χ4n) is 1.66. The second kappa shape index (κ2) is 10.1. The maximum absolute atomic E-state index is 12.0. The van der Waals surface area contributed by atoms with Crippen molar-refractivity contribution in [3.63, 3.8) is 0 Å². The third-order valence-corrected chi connectivity index (χ3v) is 2.69. The molecule has 0 radical (unpaired) electrons. The van der Waals surface area contributed by atoms with Crippen LogP contribution in [0.25, 0.3) is 0 Å². The van der Waals surface area contributed by atoms with E-state index >= 15 is 0 Å². The van der Waals surface area contributed by atoms with Crippen LogP contribution in [0.15, 0.2) is 24.3 Å². The molecule has 1 N–H and O–H groups in total. The predicted octanol–water partition coefficient (Wildman–Crippen LogP) is 2.94. The van der Waals surface area contributed by atoms with Crippen molar-refractivity contribution in [2.24, 2.45) is 0 Å². The maximum Gasteiger partial charge on any atom is 0.429 e. The van der Waals surface area contributed by atoms with Gasteiger partial charge < -0.3 is 14.2 Å². The summed E-state index contributed by atoms with van der Waals surface area (Å²) in [4.78, 5) is 23.8. The molecular formula is C18H24N2O5. The molecule has 0 fully saturated rings. The highest BCUT2D eigenvalue weighted by molar-refractivity contribution is 5.74. The zero-order valence-corrected chi connectivity index (χ0v) is 15.2. The first-order valence-corrected chi connectivity index (χ1v) is 7.90. The van der Waals surface area contributed by atoms with Crippen molar-refractivity contribution in [1.82, 2.24) is 10.4 Å². The minimum Gasteiger partial charge on any atom is -0.497 e. The first kappa shape index (κ1) is 20.2. The molecule has 25 heavy (non-hydrogen) atoms. The Morgan fingerprint density at radius 3 is 2.20 bits per heavy atom. The van der Waals surface area contributed by atoms with Crippen molar-refractivity contribution in [3.8, 4) is 17.6 Å². The van der Waals surface area contributed by atoms with Gasteiger partial charge in [0.15, 0.2) is 0 Å². The summed E-state index contributed by atoms with van der Waals surface area (Å²) in [6, 6.07) is 7.16. The standard InChI is InChI=1S/C18H24N2O5/c1-13(2)24-17(21)19-20(18(22)25-14(3)4)12-6-7-15-8-10-16(23-5)11-9-15/h8-11,13-14H,12H2,1-5H3,(H,19,21). The van der Waals surface area contributed by atoms with Gasteiger partial charge in [-0.3, -0.25) is 0 Å². The van der Waals surface area contributed by atoms with Gasteiger partial charge in [0.2, 0.25) is 0 Å². The molecule has 0 atom stereocenters. The molecule has 0 bridgehead atoms. The second-order valence-corrected chi connectivity index (χ2v) is 5.61. The number of carbonyl (C=O) groups is 2. The average molecular weight is 348 g/mol. The van der Waals surface area contributed by atoms with E-state index in [1.54, 1.807) is 59.1 Å². The van der Waals surface area contributed by atoms with Crippen LogP contribution in [0.2, 0.25) is 0 Å². The number of nitrogens with zero attached hydrogens (tertiary/aromatic N) is 1. The van der Waals surface area contributed by atoms with E-state index in [2.05, 4.69) is 17.3 Å². The van der Waals surface area contributed by atoms with E-state index in [0.717, 1.165) is 16.3 Å². The van der Waals surface area contributed by atoms with Crippen molar-refractivity contribution in [3.05, 3.63) is 29.8 Å². The number of carbonyl (C=O) groups excluding carboxylic acids is 2. The number of benzene rings is 1. The van der Waals surface area contributed by atoms with Gasteiger partial charge in [0.1, 0.15) is 12.3 Å². The molecule has 0 heterocycles. The van der Waals surface area contributed by atoms with Crippen LogP contribution in [0.3, 0.4) is 0 Å². The van der Waals surface area contributed by atoms with Gasteiger partial charge in [0.05, 0.1) is 19.3 Å². The van der Waals surface area contributed by atoms with Crippen LogP contribution in [-0.2, 0) is 9.47 Å². The number of hydrogen-bond donors (Lipinski definition) is 1. The molecule has 7 heteroatoms. The van der Waals surface area contributed by atoms with Crippen LogP contribution in [0, 0.1) is 11.8 Å². The van der Waals surface area contributed by atoms with Crippen molar-refractivity contribution < 1.29 is 23.8 Å². The van der Waals surface area contributed by atoms with Gasteiger partial charge in [0.25, 0.3) is 0 Å². The molecule has 7 nitrogen and oxygen atoms in total. The van der Waals surface area contributed by atoms with Crippen molar-refractivity contribution >= 4 is 12.2 Å². The fourth-order valence-corrected chi connectivity index (χ4v) is 1.66. The molecule has 2 amide bonds. The number of hydrogen-bond acceptors (Lipinski definition) is 5. The molecule has 1 aromatic carbocycles. The zero-order valence-electron chi connectivity index (χ0n) is 15.2. The molecule has 0 aliphatic carbocycles. The monoisotopic (exact) mass is 348 g/mol. The van der Waals surface area contributed by atoms with Gasteiger partial charge in [0, 0.05) is 5.56 Å². The number of rotatable bonds is 4. The molecule has 0 aliphatic heterocycles. The summed E-state index contributed by atoms with van der Waals surface area (Å²) in [7, 11) is 1.58. The molecule has 1 rings (SSSR count). The number of nitrogens with one attached hydrogen (secondary N) is 1. The van der Waals surface area contributed by atoms with Crippen LogP contribution >= 0.6 is 0 Å². The summed E-state index contributed by atoms with van der Waals surface area (Å²) in [6.07, 6.45) is -2.09. The van der Waals surface area contributed by atoms with Gasteiger partial charge in [-0.25, -0.2) is 20.0 Å². The van der Waals surface area contributed by atoms with E-state index in [1.807, 2.05) is 0 Å². The van der Waals surface area contributed by atoms with E-state index in [0.29, 0.717) is 0 Å². The Hall–Kier alpha value is -2.88. The number of hydrazine groups is 1. The zero-order chi connectivity index (χ0) is 18.8. The molecule has 0 saturated heterocycles. The summed E-state index contributed by atoms with van der Waals surface area (Å²) in [5.41, 5.74) is 3.09. The minimum absolute atomic E-state index is 0.0508. The van der Waals surface area contributed by atoms with Gasteiger partial charge >= 0.3 is 12.2 Å². The smallest absolute Gasteiger partial charge is 0.429 e. The molecule has 0 spiro atoms. The van der Waals surface area contributed by atoms with E-state index in [-0.39, 0.29) is 18.8 Å². The minimum atomic E-state index is -0.748. The lowest BCUT2D eigenvalue weighted by molar-refractivity contribution is 0.0517. The number of amides is 2. The Morgan fingerprint density at radius 2 is 1.68 bits per heavy atom. The number of ether oxygens (including phenoxy) is 3. The Morgan fingerprint density at radius 1 is 1.08 bits per heavy atom. The van der Waals surface area contributed by atoms with Crippen LogP contribution < -0.4 is 10.2 Å². The van der Waals surface area contributed by atoms with Gasteiger partial charge in [-0.1, -0.05) is 11.8 Å². The SMILES string of the molecule is COc1ccc(C#CCN(NC(=O)OC(C)C)C(=O)OC(C)C)cc1. The van der Waals surface area contributed by atoms with Crippen molar-refractivity contribution in [2.75, 3.05) is 13.7 Å². The predicted molar refractivity (Wildman–Crippen MR) is 92.9 cm³/mol. The summed E-state index contributed by atoms with van der Waals surface area (Å²) in [5, 5.41) is 0.973. The highest BCUT2D eigenvalue weighted by atomic mass is 16.6. The topological polar surface area (TPSA) is 77.1 Å². The van der Waals surface area contributed by atoms with Gasteiger partial charge in [-0.05, 0) is 52.0 Å². The molecule has 0 aliphatic rings. The Bertz CT molecular complexity index is 629. The lowest BCUT2D eigenvalue weighted by Crippen LogP contribution is -2.47. The van der Waals surface area contributed by atoms with Gasteiger partial charge in [-0.15, -0.1) is 0 Å². The normalized spacial score (nSPS) is 9.88. The molecule has 136 valence electrons. The van der Waals surface area contributed by atoms with Gasteiger partial charge in [-0.2, -0.15) is 0 Å². The van der Waals surface area contributed by atoms with Crippen LogP contribution in [0.5, 0.6) is 5.75 Å². The van der Waals surface area contributed by atoms with Crippen molar-refractivity contribution in [1.29, 1.82) is 0 Å². The average Bonchev–Trinajstić information content (AvgIpc) is 2.53. The number of methoxy groups -OCH3 is 1. The van der Waals surface area contributed by atoms with E-state index < -0.39 is 12.2 Å². The molecule has 0 unspecified atom stereocenters. The fraction of sp³-hybridized carbons (Fsp3) is 0.444. The lowest BCUT2D eigenvalue weighted by Gasteiger charge is -2.22.